The van der Waals surface area contributed by atoms with Gasteiger partial charge in [0.15, 0.2) is 0 Å². The van der Waals surface area contributed by atoms with Gasteiger partial charge in [0.25, 0.3) is 0 Å². The molecule has 0 rings (SSSR count). The fourth-order valence-electron chi connectivity index (χ4n) is 0.620. The molecule has 1 atom stereocenters. The van der Waals surface area contributed by atoms with Crippen molar-refractivity contribution < 1.29 is 14.4 Å². The van der Waals surface area contributed by atoms with Crippen molar-refractivity contribution in [1.29, 1.82) is 0 Å². The minimum atomic E-state index is -4.03. The first-order valence-electron chi connectivity index (χ1n) is 3.15. The number of nitrogens with two attached hydrogens (primary N) is 1. The highest BCUT2D eigenvalue weighted by atomic mass is 35.5. The Kier molecular flexibility index (Phi) is 6.49. The SMILES string of the molecule is CC(C)C[C@@H](N)P(=O)(O)O.Cl. The maximum Gasteiger partial charge on any atom is 0.342 e. The zero-order chi connectivity index (χ0) is 8.36. The second kappa shape index (κ2) is 5.12. The molecular formula is C5H15ClNO3P. The fraction of sp³-hybridized carbons (Fsp3) is 1.00. The Bertz CT molecular complexity index is 147. The van der Waals surface area contributed by atoms with E-state index in [1.54, 1.807) is 0 Å². The minimum Gasteiger partial charge on any atom is -0.323 e. The Morgan fingerprint density at radius 1 is 1.45 bits per heavy atom. The van der Waals surface area contributed by atoms with Crippen LogP contribution in [0.5, 0.6) is 0 Å². The summed E-state index contributed by atoms with van der Waals surface area (Å²) in [6.07, 6.45) is 0.365. The normalized spacial score (nSPS) is 14.4. The van der Waals surface area contributed by atoms with Crippen LogP contribution in [0.4, 0.5) is 0 Å². The molecule has 0 aromatic carbocycles. The van der Waals surface area contributed by atoms with Crippen molar-refractivity contribution in [3.8, 4) is 0 Å². The maximum atomic E-state index is 10.4. The first kappa shape index (κ1) is 14.0. The molecule has 0 fully saturated rings. The number of halogens is 1. The summed E-state index contributed by atoms with van der Waals surface area (Å²) in [6, 6.07) is 0. The third kappa shape index (κ3) is 6.78. The Hall–Kier alpha value is 0.400. The molecule has 4 nitrogen and oxygen atoms in total. The standard InChI is InChI=1S/C5H14NO3P.ClH/c1-4(2)3-5(6)10(7,8)9;/h4-5H,3,6H2,1-2H3,(H2,7,8,9);1H/t5-;/m0./s1. The lowest BCUT2D eigenvalue weighted by molar-refractivity contribution is 0.348. The molecule has 6 heteroatoms. The van der Waals surface area contributed by atoms with Gasteiger partial charge in [0.05, 0.1) is 0 Å². The summed E-state index contributed by atoms with van der Waals surface area (Å²) in [4.78, 5) is 17.0. The Morgan fingerprint density at radius 3 is 1.91 bits per heavy atom. The van der Waals surface area contributed by atoms with Crippen LogP contribution in [0, 0.1) is 5.92 Å². The zero-order valence-electron chi connectivity index (χ0n) is 6.60. The Balaban J connectivity index is 0. The van der Waals surface area contributed by atoms with E-state index < -0.39 is 13.4 Å². The molecule has 0 aromatic heterocycles. The van der Waals surface area contributed by atoms with E-state index in [4.69, 9.17) is 15.5 Å². The van der Waals surface area contributed by atoms with Gasteiger partial charge in [-0.25, -0.2) is 0 Å². The molecular weight excluding hydrogens is 188 g/mol. The van der Waals surface area contributed by atoms with Crippen LogP contribution in [0.15, 0.2) is 0 Å². The van der Waals surface area contributed by atoms with E-state index in [9.17, 15) is 4.57 Å². The smallest absolute Gasteiger partial charge is 0.323 e. The van der Waals surface area contributed by atoms with Crippen LogP contribution in [0.2, 0.25) is 0 Å². The molecule has 0 spiro atoms. The van der Waals surface area contributed by atoms with Gasteiger partial charge in [0, 0.05) is 0 Å². The molecule has 0 unspecified atom stereocenters. The van der Waals surface area contributed by atoms with Crippen molar-refractivity contribution >= 4 is 20.0 Å². The van der Waals surface area contributed by atoms with Crippen molar-refractivity contribution in [2.24, 2.45) is 11.7 Å². The van der Waals surface area contributed by atoms with E-state index in [0.29, 0.717) is 6.42 Å². The molecule has 0 aliphatic carbocycles. The second-order valence-electron chi connectivity index (χ2n) is 2.79. The molecule has 0 amide bonds. The lowest BCUT2D eigenvalue weighted by Crippen LogP contribution is -2.21. The van der Waals surface area contributed by atoms with Crippen molar-refractivity contribution in [2.45, 2.75) is 26.1 Å². The molecule has 70 valence electrons. The molecule has 0 bridgehead atoms. The fourth-order valence-corrected chi connectivity index (χ4v) is 1.32. The van der Waals surface area contributed by atoms with Crippen LogP contribution in [0.1, 0.15) is 20.3 Å². The predicted molar refractivity (Wildman–Crippen MR) is 46.7 cm³/mol. The van der Waals surface area contributed by atoms with Gasteiger partial charge < -0.3 is 15.5 Å². The Labute approximate surface area is 72.7 Å². The molecule has 0 aliphatic heterocycles. The molecule has 0 aliphatic rings. The first-order chi connectivity index (χ1) is 4.34. The van der Waals surface area contributed by atoms with Gasteiger partial charge in [-0.3, -0.25) is 4.57 Å². The maximum absolute atomic E-state index is 10.4. The third-order valence-corrected chi connectivity index (χ3v) is 2.22. The molecule has 0 radical (unpaired) electrons. The lowest BCUT2D eigenvalue weighted by Gasteiger charge is -2.14. The van der Waals surface area contributed by atoms with E-state index in [1.807, 2.05) is 13.8 Å². The van der Waals surface area contributed by atoms with Crippen LogP contribution >= 0.6 is 20.0 Å². The van der Waals surface area contributed by atoms with Gasteiger partial charge in [-0.2, -0.15) is 0 Å². The highest BCUT2D eigenvalue weighted by Crippen LogP contribution is 2.40. The van der Waals surface area contributed by atoms with Crippen molar-refractivity contribution in [1.82, 2.24) is 0 Å². The van der Waals surface area contributed by atoms with E-state index >= 15 is 0 Å². The van der Waals surface area contributed by atoms with Gasteiger partial charge in [0.1, 0.15) is 5.78 Å². The van der Waals surface area contributed by atoms with Gasteiger partial charge in [0.2, 0.25) is 0 Å². The monoisotopic (exact) mass is 203 g/mol. The van der Waals surface area contributed by atoms with Crippen LogP contribution in [-0.4, -0.2) is 15.6 Å². The average Bonchev–Trinajstić information content (AvgIpc) is 1.60. The minimum absolute atomic E-state index is 0. The highest BCUT2D eigenvalue weighted by Gasteiger charge is 2.24. The van der Waals surface area contributed by atoms with Crippen molar-refractivity contribution in [3.63, 3.8) is 0 Å². The van der Waals surface area contributed by atoms with Crippen LogP contribution in [0.3, 0.4) is 0 Å². The van der Waals surface area contributed by atoms with E-state index in [1.165, 1.54) is 0 Å². The number of hydrogen-bond donors (Lipinski definition) is 3. The molecule has 11 heavy (non-hydrogen) atoms. The summed E-state index contributed by atoms with van der Waals surface area (Å²) >= 11 is 0. The first-order valence-corrected chi connectivity index (χ1v) is 4.83. The summed E-state index contributed by atoms with van der Waals surface area (Å²) in [5.74, 6) is -0.768. The van der Waals surface area contributed by atoms with Crippen LogP contribution in [0.25, 0.3) is 0 Å². The quantitative estimate of drug-likeness (QED) is 0.596. The van der Waals surface area contributed by atoms with E-state index in [2.05, 4.69) is 0 Å². The van der Waals surface area contributed by atoms with Gasteiger partial charge >= 0.3 is 7.60 Å². The summed E-state index contributed by atoms with van der Waals surface area (Å²) in [6.45, 7) is 3.74. The highest BCUT2D eigenvalue weighted by molar-refractivity contribution is 7.52. The van der Waals surface area contributed by atoms with Crippen molar-refractivity contribution in [3.05, 3.63) is 0 Å². The lowest BCUT2D eigenvalue weighted by atomic mass is 10.1. The van der Waals surface area contributed by atoms with Gasteiger partial charge in [-0.05, 0) is 12.3 Å². The van der Waals surface area contributed by atoms with Crippen molar-refractivity contribution in [2.75, 3.05) is 0 Å². The summed E-state index contributed by atoms with van der Waals surface area (Å²) in [7, 11) is -4.03. The number of rotatable bonds is 3. The number of hydrogen-bond acceptors (Lipinski definition) is 2. The van der Waals surface area contributed by atoms with Crippen LogP contribution in [-0.2, 0) is 4.57 Å². The molecule has 0 saturated heterocycles. The van der Waals surface area contributed by atoms with Gasteiger partial charge in [-0.15, -0.1) is 12.4 Å². The average molecular weight is 204 g/mol. The van der Waals surface area contributed by atoms with E-state index in [-0.39, 0.29) is 18.3 Å². The topological polar surface area (TPSA) is 83.6 Å². The summed E-state index contributed by atoms with van der Waals surface area (Å²) in [5.41, 5.74) is 5.19. The van der Waals surface area contributed by atoms with Gasteiger partial charge in [-0.1, -0.05) is 13.8 Å². The predicted octanol–water partition coefficient (Wildman–Crippen LogP) is 0.917. The van der Waals surface area contributed by atoms with Crippen LogP contribution < -0.4 is 5.73 Å². The molecule has 0 aromatic rings. The summed E-state index contributed by atoms with van der Waals surface area (Å²) < 4.78 is 10.4. The zero-order valence-corrected chi connectivity index (χ0v) is 8.31. The molecule has 0 saturated carbocycles. The third-order valence-electron chi connectivity index (χ3n) is 1.14. The second-order valence-corrected chi connectivity index (χ2v) is 4.63. The molecule has 4 N–H and O–H groups in total. The largest absolute Gasteiger partial charge is 0.342 e. The molecule has 0 heterocycles. The van der Waals surface area contributed by atoms with E-state index in [0.717, 1.165) is 0 Å². The Morgan fingerprint density at radius 2 is 1.82 bits per heavy atom. The summed E-state index contributed by atoms with van der Waals surface area (Å²) in [5, 5.41) is 0.